The van der Waals surface area contributed by atoms with E-state index in [-0.39, 0.29) is 75.8 Å². The highest BCUT2D eigenvalue weighted by molar-refractivity contribution is 6.32. The number of carbonyl (C=O) groups is 6. The largest absolute Gasteiger partial charge is 0.573 e. The molecule has 0 spiro atoms. The van der Waals surface area contributed by atoms with Crippen LogP contribution in [0.3, 0.4) is 0 Å². The Balaban J connectivity index is 0.000000140. The average molecular weight is 2050 g/mol. The summed E-state index contributed by atoms with van der Waals surface area (Å²) >= 11 is 6.97. The second-order valence-electron chi connectivity index (χ2n) is 41.4. The van der Waals surface area contributed by atoms with Crippen LogP contribution in [0.15, 0.2) is 221 Å². The molecular weight excluding hydrogens is 1920 g/mol. The van der Waals surface area contributed by atoms with Crippen molar-refractivity contribution in [3.05, 3.63) is 282 Å². The van der Waals surface area contributed by atoms with Gasteiger partial charge in [-0.25, -0.2) is 4.39 Å². The van der Waals surface area contributed by atoms with Gasteiger partial charge in [0.1, 0.15) is 41.2 Å². The minimum atomic E-state index is -4.84. The first-order chi connectivity index (χ1) is 72.0. The second-order valence-corrected chi connectivity index (χ2v) is 41.8. The van der Waals surface area contributed by atoms with E-state index in [9.17, 15) is 56.3 Å². The summed E-state index contributed by atoms with van der Waals surface area (Å²) in [6.45, 7) is 13.3. The maximum Gasteiger partial charge on any atom is 0.573 e. The number of ether oxygens (including phenoxy) is 3. The lowest BCUT2D eigenvalue weighted by Crippen LogP contribution is -2.47. The molecule has 0 radical (unpaired) electrons. The highest BCUT2D eigenvalue weighted by Crippen LogP contribution is 2.44. The number of aromatic nitrogens is 3. The van der Waals surface area contributed by atoms with Crippen LogP contribution in [-0.4, -0.2) is 214 Å². The van der Waals surface area contributed by atoms with Crippen LogP contribution in [0.25, 0.3) is 65.7 Å². The molecule has 780 valence electrons. The molecule has 9 aromatic carbocycles. The van der Waals surface area contributed by atoms with Crippen LogP contribution in [0, 0.1) is 5.82 Å². The molecule has 9 aliphatic heterocycles. The number of imide groups is 3. The van der Waals surface area contributed by atoms with Crippen molar-refractivity contribution >= 4 is 96.4 Å². The Bertz CT molecular complexity index is 6840. The summed E-state index contributed by atoms with van der Waals surface area (Å²) in [5, 5.41) is 21.8. The molecule has 0 aliphatic carbocycles. The van der Waals surface area contributed by atoms with Gasteiger partial charge in [0, 0.05) is 168 Å². The van der Waals surface area contributed by atoms with Crippen molar-refractivity contribution in [1.82, 2.24) is 59.1 Å². The van der Waals surface area contributed by atoms with E-state index < -0.39 is 12.4 Å². The lowest BCUT2D eigenvalue weighted by atomic mass is 9.88. The molecule has 12 heterocycles. The minimum absolute atomic E-state index is 0.0188. The number of carbonyl (C=O) groups excluding carboxylic acids is 6. The molecule has 3 atom stereocenters. The number of hydrogen-bond donors (Lipinski definition) is 6. The van der Waals surface area contributed by atoms with Gasteiger partial charge in [-0.15, -0.1) is 13.2 Å². The van der Waals surface area contributed by atoms with Crippen molar-refractivity contribution in [3.8, 4) is 50.6 Å². The molecule has 6 amide bonds. The Kier molecular flexibility index (Phi) is 32.4. The first-order valence-electron chi connectivity index (χ1n) is 52.4. The van der Waals surface area contributed by atoms with Gasteiger partial charge >= 0.3 is 6.36 Å². The number of piperidine rings is 9. The van der Waals surface area contributed by atoms with Crippen molar-refractivity contribution in [2.75, 3.05) is 109 Å². The van der Waals surface area contributed by atoms with Crippen molar-refractivity contribution in [2.24, 2.45) is 21.1 Å². The number of likely N-dealkylation sites (tertiary alicyclic amines) is 6. The number of fused-ring (bicyclic) bond motifs is 3. The Hall–Kier alpha value is -13.4. The summed E-state index contributed by atoms with van der Waals surface area (Å²) < 4.78 is 77.5. The van der Waals surface area contributed by atoms with Crippen LogP contribution in [0.1, 0.15) is 167 Å². The fourth-order valence-corrected chi connectivity index (χ4v) is 23.9. The van der Waals surface area contributed by atoms with E-state index in [1.54, 1.807) is 93.3 Å². The number of rotatable bonds is 24. The first kappa shape index (κ1) is 104. The third kappa shape index (κ3) is 24.5. The average Bonchev–Trinajstić information content (AvgIpc) is 0.772. The van der Waals surface area contributed by atoms with Crippen molar-refractivity contribution in [1.29, 1.82) is 0 Å². The number of alkyl halides is 3. The summed E-state index contributed by atoms with van der Waals surface area (Å²) in [5.74, 6) is 0.872. The number of hydrogen-bond acceptors (Lipinski definition) is 21. The van der Waals surface area contributed by atoms with Crippen LogP contribution in [-0.2, 0) is 69.5 Å². The first-order valence-corrected chi connectivity index (χ1v) is 52.8. The van der Waals surface area contributed by atoms with Gasteiger partial charge in [0.2, 0.25) is 35.4 Å². The Morgan fingerprint density at radius 1 is 0.349 bits per heavy atom. The molecule has 9 aliphatic rings. The van der Waals surface area contributed by atoms with Gasteiger partial charge in [-0.3, -0.25) is 73.8 Å². The normalized spacial score (nSPS) is 20.0. The quantitative estimate of drug-likeness (QED) is 0.0242. The monoisotopic (exact) mass is 2050 g/mol. The molecule has 12 aromatic rings. The van der Waals surface area contributed by atoms with E-state index in [4.69, 9.17) is 21.1 Å². The van der Waals surface area contributed by atoms with E-state index in [1.807, 2.05) is 103 Å². The van der Waals surface area contributed by atoms with E-state index in [1.165, 1.54) is 27.3 Å². The number of amides is 6. The maximum absolute atomic E-state index is 15.8. The van der Waals surface area contributed by atoms with Crippen molar-refractivity contribution < 1.29 is 60.5 Å². The predicted molar refractivity (Wildman–Crippen MR) is 573 cm³/mol. The Morgan fingerprint density at radius 2 is 0.658 bits per heavy atom. The Morgan fingerprint density at radius 3 is 0.993 bits per heavy atom. The summed E-state index contributed by atoms with van der Waals surface area (Å²) in [6.07, 6.45) is 15.9. The Labute approximate surface area is 869 Å². The van der Waals surface area contributed by atoms with Crippen LogP contribution in [0.5, 0.6) is 17.2 Å². The fraction of sp³-hybridized carbons (Fsp3) is 0.410. The minimum Gasteiger partial charge on any atom is -0.496 e. The summed E-state index contributed by atoms with van der Waals surface area (Å²) in [5.41, 5.74) is 13.0. The summed E-state index contributed by atoms with van der Waals surface area (Å²) in [7, 11) is 8.42. The van der Waals surface area contributed by atoms with Gasteiger partial charge < -0.3 is 58.6 Å². The third-order valence-corrected chi connectivity index (χ3v) is 32.4. The molecule has 6 N–H and O–H groups in total. The SMILES string of the molecule is COc1cc(-c2cn(C)c(=O)c3ccccc23)cc(Cl)c1CN1CCC(N2CCC(c3ccc(NC4CCC(=O)NC4=O)cc3)CC2)CC1.COc1cc(-c2cn(C)c(=O)c3ccccc23)cc(F)c1CN1CCC(N2CCC(c3ccc(NC4CCC(=O)NC4=O)cc3)CC2)CC1.Cn1cc(-c2ccc(CN3CCC(N4CCC(c5ccc(NC6CCC(=O)NC6=O)cc5)CC4)CC3)c(OC(F)(F)F)c2)c2ccccc2c1=O. The molecule has 21 rings (SSSR count). The van der Waals surface area contributed by atoms with E-state index in [0.29, 0.717) is 148 Å². The van der Waals surface area contributed by atoms with E-state index in [2.05, 4.69) is 115 Å². The molecular formula is C117H130ClF4N15O12. The third-order valence-electron chi connectivity index (χ3n) is 32.1. The molecule has 0 bridgehead atoms. The number of pyridine rings is 3. The number of halogens is 5. The van der Waals surface area contributed by atoms with Gasteiger partial charge in [0.05, 0.1) is 14.2 Å². The molecule has 27 nitrogen and oxygen atoms in total. The maximum atomic E-state index is 15.8. The van der Waals surface area contributed by atoms with Gasteiger partial charge in [0.15, 0.2) is 0 Å². The lowest BCUT2D eigenvalue weighted by Gasteiger charge is -2.42. The van der Waals surface area contributed by atoms with Gasteiger partial charge in [-0.1, -0.05) is 115 Å². The summed E-state index contributed by atoms with van der Waals surface area (Å²) in [4.78, 5) is 124. The lowest BCUT2D eigenvalue weighted by molar-refractivity contribution is -0.275. The second kappa shape index (κ2) is 46.4. The standard InChI is InChI=1S/C39H44ClN5O4.C39H42F3N5O4.C39H44FN5O4/c1-43-23-32(30-5-3-4-6-31(30)39(43)48)27-21-34(40)33(36(22-27)49-2)24-44-17-15-29(16-18-44)45-19-13-26(14-20-45)25-7-9-28(10-8-25)41-35-11-12-37(46)42-38(35)47;1-45-24-33(31-4-2-3-5-32(31)38(45)50)27-6-7-28(35(22-27)51-39(40,41)42)23-46-18-16-30(17-19-46)47-20-14-26(15-21-47)25-8-10-29(11-9-25)43-34-12-13-36(48)44-37(34)49;1-43-23-32(30-5-3-4-6-31(30)39(43)48)27-21-34(40)33(36(22-27)49-2)24-44-17-15-29(16-18-44)45-19-13-26(14-20-45)25-7-9-28(10-8-25)41-35-11-12-37(46)42-38(35)47/h3-10,21-23,26,29,35,41H,11-20,24H2,1-2H3,(H,42,46,47);2-11,22,24,26,30,34,43H,12-21,23H2,1H3,(H,44,48,49);3-10,21-23,26,29,35,41H,11-20,24H2,1-2H3,(H,42,46,47). The zero-order valence-electron chi connectivity index (χ0n) is 85.0. The smallest absolute Gasteiger partial charge is 0.496 e. The van der Waals surface area contributed by atoms with Gasteiger partial charge in [-0.05, 0) is 327 Å². The number of nitrogens with one attached hydrogen (secondary N) is 6. The number of aryl methyl sites for hydroxylation is 3. The number of nitrogens with zero attached hydrogens (tertiary/aromatic N) is 9. The zero-order chi connectivity index (χ0) is 104. The number of anilines is 3. The molecule has 3 aromatic heterocycles. The highest BCUT2D eigenvalue weighted by Gasteiger charge is 2.39. The topological polar surface area (TPSA) is 288 Å². The highest BCUT2D eigenvalue weighted by atomic mass is 35.5. The molecule has 149 heavy (non-hydrogen) atoms. The molecule has 32 heteroatoms. The fourth-order valence-electron chi connectivity index (χ4n) is 23.7. The van der Waals surface area contributed by atoms with Crippen LogP contribution < -0.4 is 62.8 Å². The van der Waals surface area contributed by atoms with Gasteiger partial charge in [-0.2, -0.15) is 0 Å². The van der Waals surface area contributed by atoms with Crippen LogP contribution >= 0.6 is 11.6 Å². The van der Waals surface area contributed by atoms with Crippen molar-refractivity contribution in [2.45, 2.75) is 196 Å². The van der Waals surface area contributed by atoms with Gasteiger partial charge in [0.25, 0.3) is 16.7 Å². The van der Waals surface area contributed by atoms with Crippen LogP contribution in [0.4, 0.5) is 34.6 Å². The van der Waals surface area contributed by atoms with Crippen molar-refractivity contribution in [3.63, 3.8) is 0 Å². The summed E-state index contributed by atoms with van der Waals surface area (Å²) in [6, 6.07) is 60.3. The number of benzene rings is 9. The molecule has 3 unspecified atom stereocenters. The molecule has 0 saturated carbocycles. The number of methoxy groups -OCH3 is 2. The molecule has 9 fully saturated rings. The molecule has 9 saturated heterocycles. The predicted octanol–water partition coefficient (Wildman–Crippen LogP) is 17.5. The van der Waals surface area contributed by atoms with Crippen LogP contribution in [0.2, 0.25) is 5.02 Å². The van der Waals surface area contributed by atoms with E-state index >= 15 is 4.39 Å². The zero-order valence-corrected chi connectivity index (χ0v) is 85.7. The van der Waals surface area contributed by atoms with E-state index in [0.717, 1.165) is 218 Å².